The summed E-state index contributed by atoms with van der Waals surface area (Å²) in [6, 6.07) is 0.684. The van der Waals surface area contributed by atoms with Crippen LogP contribution in [0.25, 0.3) is 0 Å². The average Bonchev–Trinajstić information content (AvgIpc) is 2.86. The van der Waals surface area contributed by atoms with Gasteiger partial charge >= 0.3 is 0 Å². The Morgan fingerprint density at radius 2 is 1.80 bits per heavy atom. The van der Waals surface area contributed by atoms with Crippen molar-refractivity contribution in [2.24, 2.45) is 5.41 Å². The van der Waals surface area contributed by atoms with Crippen molar-refractivity contribution in [1.29, 1.82) is 0 Å². The van der Waals surface area contributed by atoms with Crippen LogP contribution in [0.2, 0.25) is 0 Å². The fraction of sp³-hybridized carbons (Fsp3) is 0.917. The molecule has 1 aliphatic carbocycles. The molecule has 0 radical (unpaired) electrons. The Hall–Kier alpha value is -0.570. The molecule has 88 valence electrons. The monoisotopic (exact) mass is 212 g/mol. The van der Waals surface area contributed by atoms with Crippen molar-refractivity contribution in [3.8, 4) is 0 Å². The first-order valence-electron chi connectivity index (χ1n) is 5.87. The van der Waals surface area contributed by atoms with Gasteiger partial charge in [0.05, 0.1) is 6.04 Å². The zero-order valence-electron chi connectivity index (χ0n) is 10.6. The largest absolute Gasteiger partial charge is 0.352 e. The van der Waals surface area contributed by atoms with Crippen LogP contribution in [0, 0.1) is 5.41 Å². The minimum Gasteiger partial charge on any atom is -0.352 e. The summed E-state index contributed by atoms with van der Waals surface area (Å²) in [6.07, 6.45) is 2.29. The van der Waals surface area contributed by atoms with Crippen molar-refractivity contribution in [3.63, 3.8) is 0 Å². The van der Waals surface area contributed by atoms with Crippen LogP contribution in [-0.4, -0.2) is 24.0 Å². The molecule has 3 heteroatoms. The van der Waals surface area contributed by atoms with Gasteiger partial charge in [0.2, 0.25) is 5.91 Å². The van der Waals surface area contributed by atoms with Crippen LogP contribution in [0.5, 0.6) is 0 Å². The lowest BCUT2D eigenvalue weighted by atomic mass is 9.87. The van der Waals surface area contributed by atoms with Gasteiger partial charge in [-0.25, -0.2) is 0 Å². The van der Waals surface area contributed by atoms with E-state index < -0.39 is 0 Å². The molecule has 0 spiro atoms. The van der Waals surface area contributed by atoms with E-state index in [2.05, 4.69) is 38.3 Å². The van der Waals surface area contributed by atoms with Gasteiger partial charge in [-0.1, -0.05) is 20.8 Å². The number of hydrogen-bond acceptors (Lipinski definition) is 2. The molecule has 0 heterocycles. The highest BCUT2D eigenvalue weighted by molar-refractivity contribution is 5.81. The van der Waals surface area contributed by atoms with Crippen molar-refractivity contribution in [3.05, 3.63) is 0 Å². The third kappa shape index (κ3) is 4.20. The zero-order valence-corrected chi connectivity index (χ0v) is 10.6. The summed E-state index contributed by atoms with van der Waals surface area (Å²) < 4.78 is 0. The molecule has 3 nitrogen and oxygen atoms in total. The van der Waals surface area contributed by atoms with Gasteiger partial charge in [-0.15, -0.1) is 0 Å². The molecule has 1 amide bonds. The van der Waals surface area contributed by atoms with Crippen LogP contribution in [0.4, 0.5) is 0 Å². The van der Waals surface area contributed by atoms with E-state index in [4.69, 9.17) is 0 Å². The summed E-state index contributed by atoms with van der Waals surface area (Å²) in [5, 5.41) is 6.35. The second-order valence-electron chi connectivity index (χ2n) is 5.76. The smallest absolute Gasteiger partial charge is 0.237 e. The molecule has 2 atom stereocenters. The van der Waals surface area contributed by atoms with Crippen molar-refractivity contribution < 1.29 is 4.79 Å². The zero-order chi connectivity index (χ0) is 11.6. The van der Waals surface area contributed by atoms with Crippen molar-refractivity contribution in [1.82, 2.24) is 10.6 Å². The molecular formula is C12H24N2O. The van der Waals surface area contributed by atoms with Gasteiger partial charge in [0.25, 0.3) is 0 Å². The summed E-state index contributed by atoms with van der Waals surface area (Å²) in [5.41, 5.74) is 0.189. The van der Waals surface area contributed by atoms with Gasteiger partial charge in [-0.2, -0.15) is 0 Å². The van der Waals surface area contributed by atoms with Crippen LogP contribution in [0.3, 0.4) is 0 Å². The summed E-state index contributed by atoms with van der Waals surface area (Å²) in [7, 11) is 0. The molecule has 2 unspecified atom stereocenters. The fourth-order valence-corrected chi connectivity index (χ4v) is 1.25. The summed E-state index contributed by atoms with van der Waals surface area (Å²) in [6.45, 7) is 10.6. The number of hydrogen-bond donors (Lipinski definition) is 2. The molecule has 2 N–H and O–H groups in total. The highest BCUT2D eigenvalue weighted by Crippen LogP contribution is 2.20. The van der Waals surface area contributed by atoms with E-state index in [9.17, 15) is 4.79 Å². The quantitative estimate of drug-likeness (QED) is 0.744. The minimum atomic E-state index is -0.0974. The molecule has 0 aromatic heterocycles. The first-order chi connectivity index (χ1) is 6.80. The predicted octanol–water partition coefficient (Wildman–Crippen LogP) is 1.68. The Balaban J connectivity index is 2.32. The first-order valence-corrected chi connectivity index (χ1v) is 5.87. The maximum absolute atomic E-state index is 11.7. The Bertz CT molecular complexity index is 228. The summed E-state index contributed by atoms with van der Waals surface area (Å²) >= 11 is 0. The van der Waals surface area contributed by atoms with E-state index in [1.807, 2.05) is 6.92 Å². The second-order valence-corrected chi connectivity index (χ2v) is 5.76. The maximum atomic E-state index is 11.7. The Morgan fingerprint density at radius 3 is 2.20 bits per heavy atom. The van der Waals surface area contributed by atoms with Crippen LogP contribution in [0.15, 0.2) is 0 Å². The molecule has 1 rings (SSSR count). The molecule has 1 fully saturated rings. The lowest BCUT2D eigenvalue weighted by Crippen LogP contribution is -2.50. The van der Waals surface area contributed by atoms with E-state index in [-0.39, 0.29) is 17.4 Å². The lowest BCUT2D eigenvalue weighted by Gasteiger charge is -2.30. The molecular weight excluding hydrogens is 188 g/mol. The van der Waals surface area contributed by atoms with E-state index in [0.29, 0.717) is 12.1 Å². The highest BCUT2D eigenvalue weighted by Gasteiger charge is 2.28. The number of rotatable bonds is 4. The van der Waals surface area contributed by atoms with E-state index in [0.717, 1.165) is 12.8 Å². The first kappa shape index (κ1) is 12.5. The van der Waals surface area contributed by atoms with Crippen LogP contribution in [-0.2, 0) is 4.79 Å². The number of carbonyl (C=O) groups excluding carboxylic acids is 1. The van der Waals surface area contributed by atoms with Gasteiger partial charge < -0.3 is 10.6 Å². The minimum absolute atomic E-state index is 0.0974. The van der Waals surface area contributed by atoms with E-state index in [1.54, 1.807) is 0 Å². The van der Waals surface area contributed by atoms with E-state index >= 15 is 0 Å². The molecule has 1 saturated carbocycles. The predicted molar refractivity (Wildman–Crippen MR) is 62.7 cm³/mol. The Morgan fingerprint density at radius 1 is 1.27 bits per heavy atom. The highest BCUT2D eigenvalue weighted by atomic mass is 16.2. The molecule has 15 heavy (non-hydrogen) atoms. The molecule has 0 bridgehead atoms. The molecule has 1 aliphatic rings. The van der Waals surface area contributed by atoms with Gasteiger partial charge in [0, 0.05) is 12.1 Å². The molecule has 0 saturated heterocycles. The van der Waals surface area contributed by atoms with Crippen LogP contribution < -0.4 is 10.6 Å². The van der Waals surface area contributed by atoms with Crippen LogP contribution >= 0.6 is 0 Å². The van der Waals surface area contributed by atoms with Gasteiger partial charge in [0.15, 0.2) is 0 Å². The third-order valence-corrected chi connectivity index (χ3v) is 3.12. The summed E-state index contributed by atoms with van der Waals surface area (Å²) in [5.74, 6) is 0.133. The van der Waals surface area contributed by atoms with Crippen molar-refractivity contribution in [2.45, 2.75) is 65.6 Å². The summed E-state index contributed by atoms with van der Waals surface area (Å²) in [4.78, 5) is 11.7. The standard InChI is InChI=1S/C12H24N2O/c1-8(11(15)14-10-6-7-10)13-9(2)12(3,4)5/h8-10,13H,6-7H2,1-5H3,(H,14,15). The van der Waals surface area contributed by atoms with Crippen LogP contribution in [0.1, 0.15) is 47.5 Å². The molecule has 0 aliphatic heterocycles. The number of nitrogens with one attached hydrogen (secondary N) is 2. The molecule has 0 aromatic carbocycles. The lowest BCUT2D eigenvalue weighted by molar-refractivity contribution is -0.123. The molecule has 0 aromatic rings. The average molecular weight is 212 g/mol. The Kier molecular flexibility index (Phi) is 3.77. The number of amides is 1. The second kappa shape index (κ2) is 4.52. The van der Waals surface area contributed by atoms with Crippen molar-refractivity contribution in [2.75, 3.05) is 0 Å². The van der Waals surface area contributed by atoms with Gasteiger partial charge in [-0.3, -0.25) is 4.79 Å². The maximum Gasteiger partial charge on any atom is 0.237 e. The van der Waals surface area contributed by atoms with Gasteiger partial charge in [0.1, 0.15) is 0 Å². The topological polar surface area (TPSA) is 41.1 Å². The van der Waals surface area contributed by atoms with E-state index in [1.165, 1.54) is 0 Å². The van der Waals surface area contributed by atoms with Gasteiger partial charge in [-0.05, 0) is 32.1 Å². The SMILES string of the molecule is CC(NC(C)C(C)(C)C)C(=O)NC1CC1. The third-order valence-electron chi connectivity index (χ3n) is 3.12. The Labute approximate surface area is 93.0 Å². The number of carbonyl (C=O) groups is 1. The van der Waals surface area contributed by atoms with Crippen molar-refractivity contribution >= 4 is 5.91 Å². The fourth-order valence-electron chi connectivity index (χ4n) is 1.25. The normalized spacial score (nSPS) is 20.9.